The molecule has 3 rings (SSSR count). The molecule has 188 valence electrons. The Bertz CT molecular complexity index is 1250. The highest BCUT2D eigenvalue weighted by atomic mass is 19.4. The third kappa shape index (κ3) is 7.26. The van der Waals surface area contributed by atoms with Crippen molar-refractivity contribution in [3.05, 3.63) is 83.4 Å². The number of anilines is 2. The fourth-order valence-electron chi connectivity index (χ4n) is 3.08. The lowest BCUT2D eigenvalue weighted by Gasteiger charge is -2.11. The Balaban J connectivity index is 1.74. The predicted octanol–water partition coefficient (Wildman–Crippen LogP) is 5.12. The molecular weight excluding hydrogens is 477 g/mol. The molecule has 0 amide bonds. The van der Waals surface area contributed by atoms with E-state index in [1.54, 1.807) is 43.3 Å². The van der Waals surface area contributed by atoms with Gasteiger partial charge in [0.15, 0.2) is 6.61 Å². The van der Waals surface area contributed by atoms with Crippen LogP contribution in [0.2, 0.25) is 0 Å². The Hall–Kier alpha value is -4.47. The highest BCUT2D eigenvalue weighted by Gasteiger charge is 2.28. The summed E-state index contributed by atoms with van der Waals surface area (Å²) >= 11 is 0. The number of alkyl halides is 3. The van der Waals surface area contributed by atoms with Gasteiger partial charge in [0.2, 0.25) is 0 Å². The Morgan fingerprint density at radius 3 is 2.17 bits per heavy atom. The van der Waals surface area contributed by atoms with Gasteiger partial charge in [0, 0.05) is 16.9 Å². The first-order chi connectivity index (χ1) is 17.1. The van der Waals surface area contributed by atoms with Gasteiger partial charge in [-0.3, -0.25) is 0 Å². The second-order valence-electron chi connectivity index (χ2n) is 7.51. The quantitative estimate of drug-likeness (QED) is 0.145. The lowest BCUT2D eigenvalue weighted by atomic mass is 10.0. The molecule has 0 aliphatic rings. The molecular formula is C26H23F3N2O5. The van der Waals surface area contributed by atoms with Crippen LogP contribution < -0.4 is 20.9 Å². The molecule has 10 heteroatoms. The third-order valence-electron chi connectivity index (χ3n) is 4.76. The molecule has 0 heterocycles. The number of halogens is 3. The minimum Gasteiger partial charge on any atom is -0.484 e. The first kappa shape index (κ1) is 26.1. The molecule has 36 heavy (non-hydrogen) atoms. The molecule has 0 aliphatic heterocycles. The molecule has 0 saturated heterocycles. The van der Waals surface area contributed by atoms with Gasteiger partial charge in [-0.2, -0.15) is 13.2 Å². The standard InChI is InChI=1S/C26H23F3N2O5/c1-2-34-25(33)22(21-14-18(30)7-12-23(21)31)13-16-3-8-20(9-4-16)36-24(32)17-5-10-19(11-6-17)35-15-26(27,28)29/h3-14H,2,15,30-31H2,1H3. The van der Waals surface area contributed by atoms with E-state index in [2.05, 4.69) is 4.74 Å². The van der Waals surface area contributed by atoms with E-state index >= 15 is 0 Å². The van der Waals surface area contributed by atoms with E-state index in [-0.39, 0.29) is 29.2 Å². The summed E-state index contributed by atoms with van der Waals surface area (Å²) < 4.78 is 51.8. The maximum absolute atomic E-state index is 12.6. The first-order valence-corrected chi connectivity index (χ1v) is 10.7. The van der Waals surface area contributed by atoms with Gasteiger partial charge in [0.25, 0.3) is 0 Å². The van der Waals surface area contributed by atoms with Crippen molar-refractivity contribution in [2.75, 3.05) is 24.7 Å². The van der Waals surface area contributed by atoms with Crippen molar-refractivity contribution >= 4 is 35.0 Å². The summed E-state index contributed by atoms with van der Waals surface area (Å²) in [5.41, 5.74) is 14.0. The molecule has 0 bridgehead atoms. The Morgan fingerprint density at radius 2 is 1.56 bits per heavy atom. The van der Waals surface area contributed by atoms with E-state index in [0.29, 0.717) is 22.5 Å². The second-order valence-corrected chi connectivity index (χ2v) is 7.51. The van der Waals surface area contributed by atoms with Crippen LogP contribution in [-0.4, -0.2) is 31.3 Å². The zero-order valence-electron chi connectivity index (χ0n) is 19.2. The molecule has 4 N–H and O–H groups in total. The Kier molecular flexibility index (Phi) is 8.21. The highest BCUT2D eigenvalue weighted by Crippen LogP contribution is 2.28. The number of benzene rings is 3. The van der Waals surface area contributed by atoms with Crippen LogP contribution in [0, 0.1) is 0 Å². The van der Waals surface area contributed by atoms with Crippen LogP contribution in [0.15, 0.2) is 66.7 Å². The van der Waals surface area contributed by atoms with Gasteiger partial charge in [-0.05, 0) is 73.2 Å². The van der Waals surface area contributed by atoms with Crippen LogP contribution >= 0.6 is 0 Å². The molecule has 7 nitrogen and oxygen atoms in total. The summed E-state index contributed by atoms with van der Waals surface area (Å²) in [5, 5.41) is 0. The number of ether oxygens (including phenoxy) is 3. The number of carbonyl (C=O) groups is 2. The SMILES string of the molecule is CCOC(=O)C(=Cc1ccc(OC(=O)c2ccc(OCC(F)(F)F)cc2)cc1)c1cc(N)ccc1N. The van der Waals surface area contributed by atoms with Crippen LogP contribution in [0.1, 0.15) is 28.4 Å². The maximum atomic E-state index is 12.6. The Labute approximate surface area is 205 Å². The average molecular weight is 500 g/mol. The smallest absolute Gasteiger partial charge is 0.422 e. The van der Waals surface area contributed by atoms with Crippen molar-refractivity contribution in [1.82, 2.24) is 0 Å². The number of esters is 2. The highest BCUT2D eigenvalue weighted by molar-refractivity contribution is 6.23. The molecule has 0 radical (unpaired) electrons. The van der Waals surface area contributed by atoms with Gasteiger partial charge in [-0.25, -0.2) is 9.59 Å². The van der Waals surface area contributed by atoms with E-state index < -0.39 is 24.7 Å². The third-order valence-corrected chi connectivity index (χ3v) is 4.76. The summed E-state index contributed by atoms with van der Waals surface area (Å²) in [4.78, 5) is 25.0. The number of rotatable bonds is 8. The number of hydrogen-bond acceptors (Lipinski definition) is 7. The van der Waals surface area contributed by atoms with Crippen molar-refractivity contribution in [1.29, 1.82) is 0 Å². The summed E-state index contributed by atoms with van der Waals surface area (Å²) in [6, 6.07) is 16.2. The number of nitrogens with two attached hydrogens (primary N) is 2. The normalized spacial score (nSPS) is 11.6. The van der Waals surface area contributed by atoms with Gasteiger partial charge in [0.1, 0.15) is 11.5 Å². The van der Waals surface area contributed by atoms with Gasteiger partial charge in [0.05, 0.1) is 17.7 Å². The molecule has 0 atom stereocenters. The van der Waals surface area contributed by atoms with Crippen LogP contribution in [0.5, 0.6) is 11.5 Å². The lowest BCUT2D eigenvalue weighted by molar-refractivity contribution is -0.153. The van der Waals surface area contributed by atoms with Crippen molar-refractivity contribution < 1.29 is 37.0 Å². The van der Waals surface area contributed by atoms with Gasteiger partial charge in [-0.1, -0.05) is 12.1 Å². The largest absolute Gasteiger partial charge is 0.484 e. The van der Waals surface area contributed by atoms with Crippen molar-refractivity contribution in [3.8, 4) is 11.5 Å². The minimum atomic E-state index is -4.46. The van der Waals surface area contributed by atoms with E-state index in [1.807, 2.05) is 0 Å². The van der Waals surface area contributed by atoms with Gasteiger partial charge >= 0.3 is 18.1 Å². The molecule has 0 fully saturated rings. The molecule has 3 aromatic carbocycles. The zero-order chi connectivity index (χ0) is 26.3. The van der Waals surface area contributed by atoms with Gasteiger partial charge < -0.3 is 25.7 Å². The minimum absolute atomic E-state index is 0.0294. The summed E-state index contributed by atoms with van der Waals surface area (Å²) in [6.45, 7) is 0.424. The number of carbonyl (C=O) groups excluding carboxylic acids is 2. The van der Waals surface area contributed by atoms with E-state index in [9.17, 15) is 22.8 Å². The summed E-state index contributed by atoms with van der Waals surface area (Å²) in [5.74, 6) is -1.10. The van der Waals surface area contributed by atoms with Crippen molar-refractivity contribution in [2.45, 2.75) is 13.1 Å². The van der Waals surface area contributed by atoms with Crippen molar-refractivity contribution in [2.24, 2.45) is 0 Å². The molecule has 0 spiro atoms. The first-order valence-electron chi connectivity index (χ1n) is 10.7. The Morgan fingerprint density at radius 1 is 0.917 bits per heavy atom. The predicted molar refractivity (Wildman–Crippen MR) is 129 cm³/mol. The van der Waals surface area contributed by atoms with E-state index in [1.165, 1.54) is 36.4 Å². The number of nitrogen functional groups attached to an aromatic ring is 2. The van der Waals surface area contributed by atoms with Crippen molar-refractivity contribution in [3.63, 3.8) is 0 Å². The zero-order valence-corrected chi connectivity index (χ0v) is 19.2. The molecule has 3 aromatic rings. The fourth-order valence-corrected chi connectivity index (χ4v) is 3.08. The van der Waals surface area contributed by atoms with E-state index in [0.717, 1.165) is 0 Å². The van der Waals surface area contributed by atoms with Crippen LogP contribution in [0.4, 0.5) is 24.5 Å². The molecule has 0 saturated carbocycles. The average Bonchev–Trinajstić information content (AvgIpc) is 2.84. The monoisotopic (exact) mass is 500 g/mol. The summed E-state index contributed by atoms with van der Waals surface area (Å²) in [7, 11) is 0. The second kappa shape index (κ2) is 11.3. The molecule has 0 aliphatic carbocycles. The molecule has 0 unspecified atom stereocenters. The summed E-state index contributed by atoms with van der Waals surface area (Å²) in [6.07, 6.45) is -2.88. The van der Waals surface area contributed by atoms with Crippen LogP contribution in [-0.2, 0) is 9.53 Å². The fraction of sp³-hybridized carbons (Fsp3) is 0.154. The van der Waals surface area contributed by atoms with E-state index in [4.69, 9.17) is 20.9 Å². The molecule has 0 aromatic heterocycles. The van der Waals surface area contributed by atoms with Gasteiger partial charge in [-0.15, -0.1) is 0 Å². The maximum Gasteiger partial charge on any atom is 0.422 e. The van der Waals surface area contributed by atoms with Crippen LogP contribution in [0.25, 0.3) is 11.6 Å². The number of hydrogen-bond donors (Lipinski definition) is 2. The topological polar surface area (TPSA) is 114 Å². The van der Waals surface area contributed by atoms with Crippen LogP contribution in [0.3, 0.4) is 0 Å². The lowest BCUT2D eigenvalue weighted by Crippen LogP contribution is -2.19.